The van der Waals surface area contributed by atoms with Crippen LogP contribution in [-0.2, 0) is 6.54 Å². The van der Waals surface area contributed by atoms with Crippen LogP contribution >= 0.6 is 0 Å². The molecule has 24 heavy (non-hydrogen) atoms. The zero-order valence-electron chi connectivity index (χ0n) is 14.5. The lowest BCUT2D eigenvalue weighted by atomic mass is 10.1. The van der Waals surface area contributed by atoms with Gasteiger partial charge < -0.3 is 0 Å². The molecule has 0 spiro atoms. The number of aryl methyl sites for hydroxylation is 1. The molecule has 0 bridgehead atoms. The first-order chi connectivity index (χ1) is 11.9. The van der Waals surface area contributed by atoms with Gasteiger partial charge >= 0.3 is 0 Å². The van der Waals surface area contributed by atoms with E-state index in [9.17, 15) is 0 Å². The minimum Gasteiger partial charge on any atom is -0.264 e. The summed E-state index contributed by atoms with van der Waals surface area (Å²) < 4.78 is 2.18. The fourth-order valence-corrected chi connectivity index (χ4v) is 3.04. The van der Waals surface area contributed by atoms with Gasteiger partial charge in [-0.2, -0.15) is 5.10 Å². The third kappa shape index (κ3) is 4.14. The maximum atomic E-state index is 4.89. The molecule has 0 aliphatic carbocycles. The molecule has 2 aromatic carbocycles. The highest BCUT2D eigenvalue weighted by Crippen LogP contribution is 2.26. The molecule has 0 radical (unpaired) electrons. The fraction of sp³-hybridized carbons (Fsp3) is 0.318. The van der Waals surface area contributed by atoms with Crippen LogP contribution < -0.4 is 0 Å². The third-order valence-electron chi connectivity index (χ3n) is 4.39. The Bertz CT molecular complexity index is 729. The fourth-order valence-electron chi connectivity index (χ4n) is 3.04. The van der Waals surface area contributed by atoms with Crippen LogP contribution in [0.4, 0.5) is 0 Å². The molecule has 1 heterocycles. The molecule has 1 aromatic heterocycles. The van der Waals surface area contributed by atoms with E-state index in [1.54, 1.807) is 0 Å². The summed E-state index contributed by atoms with van der Waals surface area (Å²) in [5.41, 5.74) is 4.69. The van der Waals surface area contributed by atoms with Gasteiger partial charge in [-0.3, -0.25) is 4.68 Å². The molecule has 3 aromatic rings. The molecule has 124 valence electrons. The van der Waals surface area contributed by atoms with E-state index in [2.05, 4.69) is 72.3 Å². The van der Waals surface area contributed by atoms with E-state index in [-0.39, 0.29) is 0 Å². The number of hydrogen-bond donors (Lipinski definition) is 0. The van der Waals surface area contributed by atoms with Gasteiger partial charge in [-0.25, -0.2) is 0 Å². The number of rotatable bonds is 8. The summed E-state index contributed by atoms with van der Waals surface area (Å²) in [7, 11) is 0. The zero-order chi connectivity index (χ0) is 16.6. The normalized spacial score (nSPS) is 10.9. The summed E-state index contributed by atoms with van der Waals surface area (Å²) in [6, 6.07) is 23.2. The molecule has 0 amide bonds. The van der Waals surface area contributed by atoms with E-state index >= 15 is 0 Å². The van der Waals surface area contributed by atoms with Crippen molar-refractivity contribution in [2.75, 3.05) is 0 Å². The van der Waals surface area contributed by atoms with Crippen LogP contribution in [0.3, 0.4) is 0 Å². The molecule has 0 saturated heterocycles. The molecular formula is C22H26N2. The van der Waals surface area contributed by atoms with Crippen molar-refractivity contribution in [1.29, 1.82) is 0 Å². The lowest BCUT2D eigenvalue weighted by Crippen LogP contribution is -2.02. The second-order valence-electron chi connectivity index (χ2n) is 6.28. The van der Waals surface area contributed by atoms with Crippen molar-refractivity contribution in [2.45, 2.75) is 45.6 Å². The highest BCUT2D eigenvalue weighted by molar-refractivity contribution is 5.68. The van der Waals surface area contributed by atoms with Crippen LogP contribution in [0, 0.1) is 0 Å². The summed E-state index contributed by atoms with van der Waals surface area (Å²) in [5, 5.41) is 4.89. The molecule has 2 nitrogen and oxygen atoms in total. The van der Waals surface area contributed by atoms with Gasteiger partial charge in [0.2, 0.25) is 0 Å². The molecule has 0 atom stereocenters. The van der Waals surface area contributed by atoms with Gasteiger partial charge in [0.15, 0.2) is 0 Å². The van der Waals surface area contributed by atoms with Crippen LogP contribution in [0.2, 0.25) is 0 Å². The summed E-state index contributed by atoms with van der Waals surface area (Å²) in [5.74, 6) is 0. The smallest absolute Gasteiger partial charge is 0.0929 e. The largest absolute Gasteiger partial charge is 0.264 e. The maximum absolute atomic E-state index is 4.89. The molecule has 0 fully saturated rings. The Balaban J connectivity index is 1.83. The van der Waals surface area contributed by atoms with E-state index in [1.807, 2.05) is 6.07 Å². The van der Waals surface area contributed by atoms with E-state index in [0.29, 0.717) is 0 Å². The lowest BCUT2D eigenvalue weighted by molar-refractivity contribution is 0.538. The number of nitrogens with zero attached hydrogens (tertiary/aromatic N) is 2. The molecule has 0 aliphatic rings. The van der Waals surface area contributed by atoms with Crippen molar-refractivity contribution in [3.63, 3.8) is 0 Å². The van der Waals surface area contributed by atoms with Crippen molar-refractivity contribution in [1.82, 2.24) is 9.78 Å². The highest BCUT2D eigenvalue weighted by atomic mass is 15.3. The Morgan fingerprint density at radius 2 is 1.38 bits per heavy atom. The van der Waals surface area contributed by atoms with Gasteiger partial charge in [0.25, 0.3) is 0 Å². The first-order valence-corrected chi connectivity index (χ1v) is 9.07. The van der Waals surface area contributed by atoms with Gasteiger partial charge in [0, 0.05) is 12.1 Å². The molecule has 3 rings (SSSR count). The Labute approximate surface area is 145 Å². The van der Waals surface area contributed by atoms with Crippen molar-refractivity contribution in [3.05, 3.63) is 66.7 Å². The van der Waals surface area contributed by atoms with Gasteiger partial charge in [-0.05, 0) is 18.1 Å². The first kappa shape index (κ1) is 16.5. The van der Waals surface area contributed by atoms with Crippen LogP contribution in [0.5, 0.6) is 0 Å². The minimum absolute atomic E-state index is 0.987. The van der Waals surface area contributed by atoms with Crippen LogP contribution in [0.15, 0.2) is 66.7 Å². The van der Waals surface area contributed by atoms with Crippen molar-refractivity contribution < 1.29 is 0 Å². The van der Waals surface area contributed by atoms with E-state index in [1.165, 1.54) is 48.9 Å². The van der Waals surface area contributed by atoms with Gasteiger partial charge in [0.05, 0.1) is 11.4 Å². The van der Waals surface area contributed by atoms with Gasteiger partial charge in [-0.1, -0.05) is 93.3 Å². The number of hydrogen-bond acceptors (Lipinski definition) is 1. The predicted molar refractivity (Wildman–Crippen MR) is 102 cm³/mol. The predicted octanol–water partition coefficient (Wildman–Crippen LogP) is 6.19. The Morgan fingerprint density at radius 3 is 2.04 bits per heavy atom. The molecule has 0 N–H and O–H groups in total. The van der Waals surface area contributed by atoms with Crippen molar-refractivity contribution >= 4 is 0 Å². The summed E-state index contributed by atoms with van der Waals surface area (Å²) >= 11 is 0. The molecular weight excluding hydrogens is 292 g/mol. The van der Waals surface area contributed by atoms with Crippen LogP contribution in [0.1, 0.15) is 39.0 Å². The summed E-state index contributed by atoms with van der Waals surface area (Å²) in [4.78, 5) is 0. The second kappa shape index (κ2) is 8.49. The Morgan fingerprint density at radius 1 is 0.750 bits per heavy atom. The molecule has 2 heteroatoms. The molecule has 0 unspecified atom stereocenters. The lowest BCUT2D eigenvalue weighted by Gasteiger charge is -2.07. The Kier molecular flexibility index (Phi) is 5.84. The van der Waals surface area contributed by atoms with Gasteiger partial charge in [-0.15, -0.1) is 0 Å². The number of benzene rings is 2. The van der Waals surface area contributed by atoms with Crippen molar-refractivity contribution in [2.24, 2.45) is 0 Å². The van der Waals surface area contributed by atoms with Gasteiger partial charge in [0.1, 0.15) is 0 Å². The minimum atomic E-state index is 0.987. The Hall–Kier alpha value is -2.35. The van der Waals surface area contributed by atoms with Crippen LogP contribution in [-0.4, -0.2) is 9.78 Å². The van der Waals surface area contributed by atoms with E-state index in [0.717, 1.165) is 12.2 Å². The first-order valence-electron chi connectivity index (χ1n) is 9.07. The van der Waals surface area contributed by atoms with E-state index < -0.39 is 0 Å². The monoisotopic (exact) mass is 318 g/mol. The van der Waals surface area contributed by atoms with E-state index in [4.69, 9.17) is 5.10 Å². The second-order valence-corrected chi connectivity index (χ2v) is 6.28. The van der Waals surface area contributed by atoms with Crippen molar-refractivity contribution in [3.8, 4) is 22.5 Å². The third-order valence-corrected chi connectivity index (χ3v) is 4.39. The average Bonchev–Trinajstić information content (AvgIpc) is 3.07. The SMILES string of the molecule is CCCCCCCn1nc(-c2ccccc2)cc1-c1ccccc1. The molecule has 0 saturated carbocycles. The topological polar surface area (TPSA) is 17.8 Å². The quantitative estimate of drug-likeness (QED) is 0.453. The van der Waals surface area contributed by atoms with Crippen LogP contribution in [0.25, 0.3) is 22.5 Å². The number of unbranched alkanes of at least 4 members (excludes halogenated alkanes) is 4. The zero-order valence-corrected chi connectivity index (χ0v) is 14.5. The molecule has 0 aliphatic heterocycles. The summed E-state index contributed by atoms with van der Waals surface area (Å²) in [6.45, 7) is 3.24. The number of aromatic nitrogens is 2. The summed E-state index contributed by atoms with van der Waals surface area (Å²) in [6.07, 6.45) is 6.41. The highest BCUT2D eigenvalue weighted by Gasteiger charge is 2.11. The average molecular weight is 318 g/mol. The maximum Gasteiger partial charge on any atom is 0.0929 e. The standard InChI is InChI=1S/C22H26N2/c1-2-3-4-5-12-17-24-22(20-15-10-7-11-16-20)18-21(23-24)19-13-8-6-9-14-19/h6-11,13-16,18H,2-5,12,17H2,1H3.